The van der Waals surface area contributed by atoms with Crippen LogP contribution in [-0.2, 0) is 11.8 Å². The largest absolute Gasteiger partial charge is 0.456 e. The highest BCUT2D eigenvalue weighted by Crippen LogP contribution is 2.60. The summed E-state index contributed by atoms with van der Waals surface area (Å²) >= 11 is 6.86. The normalized spacial score (nSPS) is 16.6. The van der Waals surface area contributed by atoms with Crippen molar-refractivity contribution in [3.05, 3.63) is 120 Å². The summed E-state index contributed by atoms with van der Waals surface area (Å²) in [5.41, 5.74) is 5.79. The van der Waals surface area contributed by atoms with E-state index in [0.717, 1.165) is 61.0 Å². The SMILES string of the molecule is Cc1ccc2c(c1)c1cc(C)ccc1n2-c1cc2c3c(c1)Oc1ccc4ccccc4c1P3(=S)c1ccccc1O2. The molecule has 7 aromatic rings. The lowest BCUT2D eigenvalue weighted by atomic mass is 10.1. The Bertz CT molecular complexity index is 2260. The van der Waals surface area contributed by atoms with Crippen molar-refractivity contribution in [2.75, 3.05) is 0 Å². The molecule has 0 spiro atoms. The van der Waals surface area contributed by atoms with Gasteiger partial charge >= 0.3 is 0 Å². The van der Waals surface area contributed by atoms with Crippen LogP contribution in [0.4, 0.5) is 0 Å². The Hall–Kier alpha value is -4.37. The summed E-state index contributed by atoms with van der Waals surface area (Å²) in [6.07, 6.45) is 0. The van der Waals surface area contributed by atoms with Crippen LogP contribution >= 0.6 is 6.04 Å². The Morgan fingerprint density at radius 3 is 1.93 bits per heavy atom. The average molecular weight is 566 g/mol. The summed E-state index contributed by atoms with van der Waals surface area (Å²) in [4.78, 5) is 0. The Labute approximate surface area is 242 Å². The van der Waals surface area contributed by atoms with Gasteiger partial charge in [-0.1, -0.05) is 77.5 Å². The standard InChI is InChI=1S/C36H24NO2PS/c1-21-11-14-28-26(17-21)27-18-22(2)12-15-29(27)37(28)24-19-32-36-33(20-24)39-31-16-13-23-7-3-4-8-25(23)35(31)40(36,41)34-10-6-5-9-30(34)38-32/h3-20H,1-2H3. The maximum Gasteiger partial charge on any atom is 0.142 e. The molecule has 1 unspecified atom stereocenters. The van der Waals surface area contributed by atoms with Gasteiger partial charge in [0.2, 0.25) is 0 Å². The number of ether oxygens (including phenoxy) is 2. The van der Waals surface area contributed by atoms with Crippen molar-refractivity contribution < 1.29 is 9.47 Å². The Balaban J connectivity index is 1.39. The fraction of sp³-hybridized carbons (Fsp3) is 0.0556. The lowest BCUT2D eigenvalue weighted by Gasteiger charge is -2.38. The van der Waals surface area contributed by atoms with Crippen molar-refractivity contribution in [2.24, 2.45) is 0 Å². The topological polar surface area (TPSA) is 23.4 Å². The van der Waals surface area contributed by atoms with Gasteiger partial charge in [-0.15, -0.1) is 0 Å². The van der Waals surface area contributed by atoms with E-state index in [1.807, 2.05) is 12.1 Å². The first-order chi connectivity index (χ1) is 20.0. The fourth-order valence-electron chi connectivity index (χ4n) is 6.73. The quantitative estimate of drug-likeness (QED) is 0.186. The number of benzene rings is 6. The Morgan fingerprint density at radius 1 is 0.561 bits per heavy atom. The second kappa shape index (κ2) is 8.10. The maximum atomic E-state index is 6.86. The molecule has 1 aromatic heterocycles. The molecule has 3 nitrogen and oxygen atoms in total. The summed E-state index contributed by atoms with van der Waals surface area (Å²) in [6, 6.07) is 36.2. The van der Waals surface area contributed by atoms with Gasteiger partial charge in [-0.05, 0) is 67.1 Å². The van der Waals surface area contributed by atoms with Gasteiger partial charge in [0.25, 0.3) is 0 Å². The summed E-state index contributed by atoms with van der Waals surface area (Å²) in [7, 11) is 0. The van der Waals surface area contributed by atoms with Crippen LogP contribution in [-0.4, -0.2) is 4.57 Å². The minimum atomic E-state index is -2.49. The van der Waals surface area contributed by atoms with E-state index in [-0.39, 0.29) is 0 Å². The van der Waals surface area contributed by atoms with Crippen LogP contribution in [0.5, 0.6) is 23.0 Å². The van der Waals surface area contributed by atoms with Gasteiger partial charge in [-0.25, -0.2) is 0 Å². The van der Waals surface area contributed by atoms with E-state index >= 15 is 0 Å². The highest BCUT2D eigenvalue weighted by molar-refractivity contribution is 8.26. The molecule has 9 rings (SSSR count). The van der Waals surface area contributed by atoms with E-state index in [4.69, 9.17) is 21.3 Å². The molecule has 0 fully saturated rings. The number of fused-ring (bicyclic) bond motifs is 9. The zero-order valence-corrected chi connectivity index (χ0v) is 24.2. The minimum absolute atomic E-state index is 0.785. The number of nitrogens with zero attached hydrogens (tertiary/aromatic N) is 1. The first-order valence-electron chi connectivity index (χ1n) is 13.8. The van der Waals surface area contributed by atoms with Crippen molar-refractivity contribution in [3.8, 4) is 28.7 Å². The molecule has 41 heavy (non-hydrogen) atoms. The molecule has 0 radical (unpaired) electrons. The summed E-state index contributed by atoms with van der Waals surface area (Å²) in [5, 5.41) is 8.00. The van der Waals surface area contributed by atoms with Gasteiger partial charge in [-0.3, -0.25) is 0 Å². The van der Waals surface area contributed by atoms with Crippen molar-refractivity contribution in [1.29, 1.82) is 0 Å². The second-order valence-electron chi connectivity index (χ2n) is 11.1. The zero-order valence-electron chi connectivity index (χ0n) is 22.5. The maximum absolute atomic E-state index is 6.86. The van der Waals surface area contributed by atoms with E-state index in [1.54, 1.807) is 0 Å². The summed E-state index contributed by atoms with van der Waals surface area (Å²) < 4.78 is 15.8. The lowest BCUT2D eigenvalue weighted by Crippen LogP contribution is -2.35. The highest BCUT2D eigenvalue weighted by Gasteiger charge is 2.44. The van der Waals surface area contributed by atoms with E-state index in [2.05, 4.69) is 115 Å². The number of para-hydroxylation sites is 1. The van der Waals surface area contributed by atoms with Crippen molar-refractivity contribution in [2.45, 2.75) is 13.8 Å². The van der Waals surface area contributed by atoms with E-state index in [1.165, 1.54) is 27.3 Å². The highest BCUT2D eigenvalue weighted by atomic mass is 32.4. The molecule has 196 valence electrons. The molecule has 0 N–H and O–H groups in total. The van der Waals surface area contributed by atoms with Crippen molar-refractivity contribution in [1.82, 2.24) is 4.57 Å². The van der Waals surface area contributed by atoms with Crippen LogP contribution < -0.4 is 25.4 Å². The van der Waals surface area contributed by atoms with Crippen LogP contribution in [0, 0.1) is 13.8 Å². The molecule has 2 aliphatic heterocycles. The number of hydrogen-bond donors (Lipinski definition) is 0. The molecular weight excluding hydrogens is 541 g/mol. The van der Waals surface area contributed by atoms with Gasteiger partial charge in [0.1, 0.15) is 23.0 Å². The molecule has 0 saturated heterocycles. The zero-order chi connectivity index (χ0) is 27.5. The molecule has 0 bridgehead atoms. The third kappa shape index (κ3) is 3.07. The first kappa shape index (κ1) is 23.3. The second-order valence-corrected chi connectivity index (χ2v) is 15.3. The van der Waals surface area contributed by atoms with Gasteiger partial charge in [0, 0.05) is 33.5 Å². The van der Waals surface area contributed by atoms with Crippen molar-refractivity contribution >= 4 is 66.3 Å². The van der Waals surface area contributed by atoms with E-state index in [9.17, 15) is 0 Å². The molecule has 5 heteroatoms. The predicted molar refractivity (Wildman–Crippen MR) is 174 cm³/mol. The van der Waals surface area contributed by atoms with E-state index < -0.39 is 6.04 Å². The molecule has 0 amide bonds. The molecular formula is C36H24NO2PS. The molecule has 1 atom stereocenters. The monoisotopic (exact) mass is 565 g/mol. The van der Waals surface area contributed by atoms with Gasteiger partial charge in [0.05, 0.1) is 28.1 Å². The van der Waals surface area contributed by atoms with E-state index in [0.29, 0.717) is 0 Å². The molecule has 0 aliphatic carbocycles. The minimum Gasteiger partial charge on any atom is -0.456 e. The number of rotatable bonds is 1. The van der Waals surface area contributed by atoms with Crippen LogP contribution in [0.15, 0.2) is 109 Å². The van der Waals surface area contributed by atoms with Crippen LogP contribution in [0.3, 0.4) is 0 Å². The fourth-order valence-corrected chi connectivity index (χ4v) is 11.5. The van der Waals surface area contributed by atoms with Crippen LogP contribution in [0.25, 0.3) is 38.3 Å². The predicted octanol–water partition coefficient (Wildman–Crippen LogP) is 8.52. The van der Waals surface area contributed by atoms with Gasteiger partial charge in [0.15, 0.2) is 0 Å². The molecule has 3 heterocycles. The summed E-state index contributed by atoms with van der Waals surface area (Å²) in [6.45, 7) is 4.29. The van der Waals surface area contributed by atoms with Crippen LogP contribution in [0.1, 0.15) is 11.1 Å². The number of hydrogen-bond acceptors (Lipinski definition) is 3. The van der Waals surface area contributed by atoms with Crippen LogP contribution in [0.2, 0.25) is 0 Å². The molecule has 2 aliphatic rings. The summed E-state index contributed by atoms with van der Waals surface area (Å²) in [5.74, 6) is 3.24. The number of aryl methyl sites for hydroxylation is 2. The Morgan fingerprint density at radius 2 is 1.20 bits per heavy atom. The molecule has 0 saturated carbocycles. The third-order valence-corrected chi connectivity index (χ3v) is 13.4. The third-order valence-electron chi connectivity index (χ3n) is 8.50. The smallest absolute Gasteiger partial charge is 0.142 e. The molecule has 6 aromatic carbocycles. The average Bonchev–Trinajstić information content (AvgIpc) is 3.29. The lowest BCUT2D eigenvalue weighted by molar-refractivity contribution is 0.466. The van der Waals surface area contributed by atoms with Crippen molar-refractivity contribution in [3.63, 3.8) is 0 Å². The number of aromatic nitrogens is 1. The Kier molecular flexibility index (Phi) is 4.61. The van der Waals surface area contributed by atoms with Gasteiger partial charge in [-0.2, -0.15) is 0 Å². The van der Waals surface area contributed by atoms with Gasteiger partial charge < -0.3 is 14.0 Å². The first-order valence-corrected chi connectivity index (χ1v) is 16.6.